The van der Waals surface area contributed by atoms with Crippen LogP contribution in [0.15, 0.2) is 42.5 Å². The second kappa shape index (κ2) is 12.9. The van der Waals surface area contributed by atoms with E-state index in [4.69, 9.17) is 0 Å². The van der Waals surface area contributed by atoms with Gasteiger partial charge in [-0.2, -0.15) is 0 Å². The summed E-state index contributed by atoms with van der Waals surface area (Å²) < 4.78 is 0. The average molecular weight is 391 g/mol. The van der Waals surface area contributed by atoms with E-state index < -0.39 is 0 Å². The number of rotatable bonds is 13. The van der Waals surface area contributed by atoms with Crippen LogP contribution in [-0.2, 0) is 19.3 Å². The van der Waals surface area contributed by atoms with Gasteiger partial charge in [-0.15, -0.1) is 0 Å². The van der Waals surface area contributed by atoms with E-state index in [0.717, 1.165) is 0 Å². The van der Waals surface area contributed by atoms with Crippen LogP contribution in [0, 0.1) is 0 Å². The van der Waals surface area contributed by atoms with E-state index in [1.165, 1.54) is 108 Å². The van der Waals surface area contributed by atoms with Crippen molar-refractivity contribution in [1.29, 1.82) is 0 Å². The molecule has 1 aliphatic rings. The van der Waals surface area contributed by atoms with Crippen molar-refractivity contribution >= 4 is 0 Å². The molecule has 3 rings (SSSR count). The fourth-order valence-electron chi connectivity index (χ4n) is 5.02. The lowest BCUT2D eigenvalue weighted by Crippen LogP contribution is -1.96. The summed E-state index contributed by atoms with van der Waals surface area (Å²) >= 11 is 0. The Balaban J connectivity index is 1.39. The molecule has 0 saturated heterocycles. The van der Waals surface area contributed by atoms with Crippen LogP contribution < -0.4 is 0 Å². The largest absolute Gasteiger partial charge is 0.0654 e. The van der Waals surface area contributed by atoms with Gasteiger partial charge in [0.1, 0.15) is 0 Å². The Hall–Kier alpha value is -1.56. The van der Waals surface area contributed by atoms with Crippen LogP contribution in [0.4, 0.5) is 0 Å². The molecule has 0 saturated carbocycles. The van der Waals surface area contributed by atoms with E-state index in [2.05, 4.69) is 49.4 Å². The van der Waals surface area contributed by atoms with Crippen LogP contribution >= 0.6 is 0 Å². The molecule has 0 spiro atoms. The van der Waals surface area contributed by atoms with Crippen LogP contribution in [0.25, 0.3) is 11.1 Å². The Morgan fingerprint density at radius 2 is 1.17 bits per heavy atom. The van der Waals surface area contributed by atoms with Crippen LogP contribution in [0.1, 0.15) is 107 Å². The molecule has 0 amide bonds. The van der Waals surface area contributed by atoms with Crippen molar-refractivity contribution in [2.45, 2.75) is 110 Å². The normalized spacial score (nSPS) is 13.0. The van der Waals surface area contributed by atoms with Gasteiger partial charge in [-0.1, -0.05) is 120 Å². The highest BCUT2D eigenvalue weighted by Crippen LogP contribution is 2.35. The van der Waals surface area contributed by atoms with E-state index in [0.29, 0.717) is 0 Å². The smallest absolute Gasteiger partial charge is 0.0117 e. The maximum atomic E-state index is 2.39. The van der Waals surface area contributed by atoms with Gasteiger partial charge in [0.15, 0.2) is 0 Å². The summed E-state index contributed by atoms with van der Waals surface area (Å²) in [6, 6.07) is 16.2. The molecule has 0 heterocycles. The Labute approximate surface area is 180 Å². The zero-order valence-electron chi connectivity index (χ0n) is 18.9. The first kappa shape index (κ1) is 22.1. The lowest BCUT2D eigenvalue weighted by atomic mass is 9.90. The molecule has 0 nitrogen and oxygen atoms in total. The van der Waals surface area contributed by atoms with Crippen molar-refractivity contribution in [3.63, 3.8) is 0 Å². The van der Waals surface area contributed by atoms with Crippen molar-refractivity contribution in [2.24, 2.45) is 0 Å². The zero-order chi connectivity index (χ0) is 20.2. The molecular weight excluding hydrogens is 348 g/mol. The molecular formula is C29H42. The molecule has 2 aromatic carbocycles. The predicted molar refractivity (Wildman–Crippen MR) is 129 cm³/mol. The minimum atomic E-state index is 1.23. The SMILES string of the molecule is CCCCCCCCCCCCCCc1cccc2c1-c1ccccc1CCC2. The van der Waals surface area contributed by atoms with Crippen LogP contribution in [-0.4, -0.2) is 0 Å². The van der Waals surface area contributed by atoms with Gasteiger partial charge in [-0.3, -0.25) is 0 Å². The minimum absolute atomic E-state index is 1.23. The van der Waals surface area contributed by atoms with E-state index in [1.807, 2.05) is 0 Å². The maximum Gasteiger partial charge on any atom is -0.0117 e. The molecule has 0 radical (unpaired) electrons. The quantitative estimate of drug-likeness (QED) is 0.299. The topological polar surface area (TPSA) is 0 Å². The molecule has 1 aliphatic carbocycles. The van der Waals surface area contributed by atoms with E-state index in [-0.39, 0.29) is 0 Å². The summed E-state index contributed by atoms with van der Waals surface area (Å²) in [6.45, 7) is 2.30. The number of hydrogen-bond donors (Lipinski definition) is 0. The van der Waals surface area contributed by atoms with Crippen molar-refractivity contribution in [3.8, 4) is 11.1 Å². The second-order valence-corrected chi connectivity index (χ2v) is 9.10. The first-order valence-electron chi connectivity index (χ1n) is 12.6. The third-order valence-electron chi connectivity index (χ3n) is 6.72. The summed E-state index contributed by atoms with van der Waals surface area (Å²) in [7, 11) is 0. The standard InChI is InChI=1S/C29H42/c1-2-3-4-5-6-7-8-9-10-11-12-13-19-26-22-17-23-27-21-16-20-25-18-14-15-24-28(25)29(26)27/h14-15,17-18,22-24H,2-13,16,19-21H2,1H3. The Morgan fingerprint density at radius 3 is 1.90 bits per heavy atom. The summed E-state index contributed by atoms with van der Waals surface area (Å²) in [5.74, 6) is 0. The summed E-state index contributed by atoms with van der Waals surface area (Å²) in [5, 5.41) is 0. The predicted octanol–water partition coefficient (Wildman–Crippen LogP) is 9.09. The molecule has 29 heavy (non-hydrogen) atoms. The molecule has 0 heteroatoms. The molecule has 0 aromatic heterocycles. The molecule has 0 N–H and O–H groups in total. The van der Waals surface area contributed by atoms with Crippen LogP contribution in [0.2, 0.25) is 0 Å². The van der Waals surface area contributed by atoms with Crippen molar-refractivity contribution in [1.82, 2.24) is 0 Å². The van der Waals surface area contributed by atoms with E-state index >= 15 is 0 Å². The van der Waals surface area contributed by atoms with Gasteiger partial charge in [-0.25, -0.2) is 0 Å². The fourth-order valence-corrected chi connectivity index (χ4v) is 5.02. The van der Waals surface area contributed by atoms with Gasteiger partial charge in [0.05, 0.1) is 0 Å². The molecule has 2 aromatic rings. The van der Waals surface area contributed by atoms with Crippen LogP contribution in [0.3, 0.4) is 0 Å². The van der Waals surface area contributed by atoms with Crippen molar-refractivity contribution in [2.75, 3.05) is 0 Å². The Bertz CT molecular complexity index is 712. The maximum absolute atomic E-state index is 2.39. The molecule has 0 aliphatic heterocycles. The lowest BCUT2D eigenvalue weighted by Gasteiger charge is -2.15. The van der Waals surface area contributed by atoms with Crippen LogP contribution in [0.5, 0.6) is 0 Å². The first-order chi connectivity index (χ1) is 14.4. The molecule has 0 fully saturated rings. The van der Waals surface area contributed by atoms with Gasteiger partial charge in [-0.05, 0) is 59.9 Å². The minimum Gasteiger partial charge on any atom is -0.0654 e. The first-order valence-corrected chi connectivity index (χ1v) is 12.6. The van der Waals surface area contributed by atoms with Crippen molar-refractivity contribution < 1.29 is 0 Å². The fraction of sp³-hybridized carbons (Fsp3) is 0.586. The third kappa shape index (κ3) is 7.02. The van der Waals surface area contributed by atoms with Gasteiger partial charge >= 0.3 is 0 Å². The van der Waals surface area contributed by atoms with Gasteiger partial charge in [0.2, 0.25) is 0 Å². The molecule has 0 atom stereocenters. The molecule has 0 unspecified atom stereocenters. The highest BCUT2D eigenvalue weighted by molar-refractivity contribution is 5.75. The van der Waals surface area contributed by atoms with E-state index in [9.17, 15) is 0 Å². The van der Waals surface area contributed by atoms with E-state index in [1.54, 1.807) is 22.3 Å². The Kier molecular flexibility index (Phi) is 9.83. The third-order valence-corrected chi connectivity index (χ3v) is 6.72. The molecule has 158 valence electrons. The molecule has 0 bridgehead atoms. The zero-order valence-corrected chi connectivity index (χ0v) is 18.9. The highest BCUT2D eigenvalue weighted by Gasteiger charge is 2.16. The monoisotopic (exact) mass is 390 g/mol. The van der Waals surface area contributed by atoms with Gasteiger partial charge < -0.3 is 0 Å². The summed E-state index contributed by atoms with van der Waals surface area (Å²) in [6.07, 6.45) is 22.1. The number of benzene rings is 2. The van der Waals surface area contributed by atoms with Crippen molar-refractivity contribution in [3.05, 3.63) is 59.2 Å². The second-order valence-electron chi connectivity index (χ2n) is 9.10. The number of unbranched alkanes of at least 4 members (excludes halogenated alkanes) is 11. The van der Waals surface area contributed by atoms with Gasteiger partial charge in [0.25, 0.3) is 0 Å². The summed E-state index contributed by atoms with van der Waals surface area (Å²) in [5.41, 5.74) is 7.79. The summed E-state index contributed by atoms with van der Waals surface area (Å²) in [4.78, 5) is 0. The number of fused-ring (bicyclic) bond motifs is 3. The number of hydrogen-bond acceptors (Lipinski definition) is 0. The van der Waals surface area contributed by atoms with Gasteiger partial charge in [0, 0.05) is 0 Å². The lowest BCUT2D eigenvalue weighted by molar-refractivity contribution is 0.544. The Morgan fingerprint density at radius 1 is 0.586 bits per heavy atom. The average Bonchev–Trinajstić information content (AvgIpc) is 2.94. The number of aryl methyl sites for hydroxylation is 3. The highest BCUT2D eigenvalue weighted by atomic mass is 14.2.